The molecule has 1 saturated heterocycles. The molecule has 7 heteroatoms. The third kappa shape index (κ3) is 5.92. The van der Waals surface area contributed by atoms with E-state index >= 15 is 0 Å². The minimum Gasteiger partial charge on any atom is -0.469 e. The largest absolute Gasteiger partial charge is 0.469 e. The van der Waals surface area contributed by atoms with E-state index in [9.17, 15) is 9.18 Å². The quantitative estimate of drug-likeness (QED) is 0.333. The van der Waals surface area contributed by atoms with Crippen molar-refractivity contribution in [2.24, 2.45) is 10.9 Å². The first-order valence-corrected chi connectivity index (χ1v) is 7.99. The highest BCUT2D eigenvalue weighted by Gasteiger charge is 2.26. The van der Waals surface area contributed by atoms with Gasteiger partial charge in [0.05, 0.1) is 19.6 Å². The fraction of sp³-hybridized carbons (Fsp3) is 0.529. The topological polar surface area (TPSA) is 53.9 Å². The minimum absolute atomic E-state index is 0. The summed E-state index contributed by atoms with van der Waals surface area (Å²) in [5, 5.41) is 3.26. The van der Waals surface area contributed by atoms with E-state index in [4.69, 9.17) is 4.74 Å². The van der Waals surface area contributed by atoms with Gasteiger partial charge in [0.25, 0.3) is 0 Å². The molecule has 1 aromatic carbocycles. The molecular weight excluding hydrogens is 424 g/mol. The summed E-state index contributed by atoms with van der Waals surface area (Å²) in [4.78, 5) is 18.3. The van der Waals surface area contributed by atoms with Crippen LogP contribution in [0.25, 0.3) is 0 Å². The molecule has 2 rings (SSSR count). The highest BCUT2D eigenvalue weighted by atomic mass is 127. The predicted octanol–water partition coefficient (Wildman–Crippen LogP) is 2.79. The number of methoxy groups -OCH3 is 1. The van der Waals surface area contributed by atoms with Crippen molar-refractivity contribution in [3.63, 3.8) is 0 Å². The highest BCUT2D eigenvalue weighted by molar-refractivity contribution is 14.0. The summed E-state index contributed by atoms with van der Waals surface area (Å²) in [6.45, 7) is 4.72. The Kier molecular flexibility index (Phi) is 9.02. The zero-order valence-electron chi connectivity index (χ0n) is 14.1. The van der Waals surface area contributed by atoms with Gasteiger partial charge >= 0.3 is 5.97 Å². The molecule has 134 valence electrons. The van der Waals surface area contributed by atoms with Gasteiger partial charge in [-0.25, -0.2) is 9.38 Å². The Morgan fingerprint density at radius 1 is 1.42 bits per heavy atom. The van der Waals surface area contributed by atoms with Crippen molar-refractivity contribution in [2.75, 3.05) is 26.7 Å². The van der Waals surface area contributed by atoms with Crippen LogP contribution in [0.5, 0.6) is 0 Å². The number of halogens is 2. The van der Waals surface area contributed by atoms with Gasteiger partial charge in [-0.3, -0.25) is 4.79 Å². The fourth-order valence-electron chi connectivity index (χ4n) is 2.72. The normalized spacial score (nSPS) is 15.6. The van der Waals surface area contributed by atoms with Crippen LogP contribution < -0.4 is 5.32 Å². The van der Waals surface area contributed by atoms with Gasteiger partial charge in [-0.1, -0.05) is 12.1 Å². The second-order valence-corrected chi connectivity index (χ2v) is 5.58. The van der Waals surface area contributed by atoms with E-state index in [0.717, 1.165) is 44.0 Å². The van der Waals surface area contributed by atoms with Gasteiger partial charge in [-0.15, -0.1) is 24.0 Å². The van der Waals surface area contributed by atoms with Gasteiger partial charge in [-0.2, -0.15) is 0 Å². The smallest absolute Gasteiger partial charge is 0.308 e. The zero-order valence-corrected chi connectivity index (χ0v) is 16.5. The van der Waals surface area contributed by atoms with Crippen LogP contribution in [0.1, 0.15) is 25.3 Å². The molecule has 0 amide bonds. The second-order valence-electron chi connectivity index (χ2n) is 5.58. The maximum atomic E-state index is 13.2. The third-order valence-electron chi connectivity index (χ3n) is 3.96. The van der Waals surface area contributed by atoms with Crippen molar-refractivity contribution < 1.29 is 13.9 Å². The number of rotatable bonds is 4. The highest BCUT2D eigenvalue weighted by Crippen LogP contribution is 2.18. The van der Waals surface area contributed by atoms with Crippen molar-refractivity contribution >= 4 is 35.9 Å². The van der Waals surface area contributed by atoms with Gasteiger partial charge < -0.3 is 15.0 Å². The summed E-state index contributed by atoms with van der Waals surface area (Å²) in [5.41, 5.74) is 0.838. The Morgan fingerprint density at radius 3 is 2.71 bits per heavy atom. The molecule has 1 aliphatic heterocycles. The summed E-state index contributed by atoms with van der Waals surface area (Å²) in [5.74, 6) is 0.398. The molecule has 0 aromatic heterocycles. The van der Waals surface area contributed by atoms with E-state index < -0.39 is 0 Å². The Balaban J connectivity index is 0.00000288. The van der Waals surface area contributed by atoms with Crippen molar-refractivity contribution in [1.29, 1.82) is 0 Å². The number of hydrogen-bond donors (Lipinski definition) is 1. The lowest BCUT2D eigenvalue weighted by Crippen LogP contribution is -2.46. The molecule has 0 unspecified atom stereocenters. The Hall–Kier alpha value is -1.38. The molecule has 1 N–H and O–H groups in total. The predicted molar refractivity (Wildman–Crippen MR) is 103 cm³/mol. The number of carbonyl (C=O) groups excluding carboxylic acids is 1. The number of carbonyl (C=O) groups is 1. The van der Waals surface area contributed by atoms with Gasteiger partial charge in [0.15, 0.2) is 5.96 Å². The Labute approximate surface area is 159 Å². The number of benzene rings is 1. The number of guanidine groups is 1. The molecule has 24 heavy (non-hydrogen) atoms. The molecule has 1 heterocycles. The van der Waals surface area contributed by atoms with Gasteiger partial charge in [-0.05, 0) is 37.5 Å². The van der Waals surface area contributed by atoms with Crippen LogP contribution in [0.2, 0.25) is 0 Å². The average Bonchev–Trinajstić information content (AvgIpc) is 2.58. The van der Waals surface area contributed by atoms with E-state index in [1.165, 1.54) is 19.2 Å². The van der Waals surface area contributed by atoms with Crippen LogP contribution in [0.4, 0.5) is 4.39 Å². The fourth-order valence-corrected chi connectivity index (χ4v) is 2.72. The van der Waals surface area contributed by atoms with Gasteiger partial charge in [0, 0.05) is 19.6 Å². The van der Waals surface area contributed by atoms with Crippen molar-refractivity contribution in [3.05, 3.63) is 35.6 Å². The van der Waals surface area contributed by atoms with E-state index in [0.29, 0.717) is 6.54 Å². The second kappa shape index (κ2) is 10.5. The van der Waals surface area contributed by atoms with Crippen LogP contribution in [0.15, 0.2) is 29.3 Å². The molecule has 5 nitrogen and oxygen atoms in total. The Morgan fingerprint density at radius 2 is 2.12 bits per heavy atom. The molecule has 1 aromatic rings. The minimum atomic E-state index is -0.249. The van der Waals surface area contributed by atoms with Crippen LogP contribution in [0, 0.1) is 11.7 Å². The van der Waals surface area contributed by atoms with E-state index in [1.807, 2.05) is 13.0 Å². The molecule has 0 aliphatic carbocycles. The summed E-state index contributed by atoms with van der Waals surface area (Å²) < 4.78 is 18.0. The number of nitrogens with one attached hydrogen (secondary N) is 1. The SMILES string of the molecule is CCNC(=NCc1cccc(F)c1)N1CCC(C(=O)OC)CC1.I. The summed E-state index contributed by atoms with van der Waals surface area (Å²) in [6.07, 6.45) is 1.52. The number of esters is 1. The number of aliphatic imine (C=N–C) groups is 1. The van der Waals surface area contributed by atoms with Crippen LogP contribution >= 0.6 is 24.0 Å². The summed E-state index contributed by atoms with van der Waals surface area (Å²) in [7, 11) is 1.43. The molecule has 1 fully saturated rings. The number of nitrogens with zero attached hydrogens (tertiary/aromatic N) is 2. The molecule has 0 radical (unpaired) electrons. The maximum absolute atomic E-state index is 13.2. The monoisotopic (exact) mass is 449 g/mol. The Bertz CT molecular complexity index is 561. The lowest BCUT2D eigenvalue weighted by molar-refractivity contribution is -0.146. The molecule has 0 saturated carbocycles. The number of piperidine rings is 1. The first-order valence-electron chi connectivity index (χ1n) is 7.99. The molecule has 0 spiro atoms. The summed E-state index contributed by atoms with van der Waals surface area (Å²) in [6, 6.07) is 6.47. The first kappa shape index (κ1) is 20.7. The number of likely N-dealkylation sites (tertiary alicyclic amines) is 1. The molecule has 0 atom stereocenters. The van der Waals surface area contributed by atoms with Crippen molar-refractivity contribution in [2.45, 2.75) is 26.3 Å². The molecule has 0 bridgehead atoms. The van der Waals surface area contributed by atoms with Crippen LogP contribution in [-0.4, -0.2) is 43.6 Å². The molecular formula is C17H25FIN3O2. The van der Waals surface area contributed by atoms with Crippen molar-refractivity contribution in [3.8, 4) is 0 Å². The van der Waals surface area contributed by atoms with E-state index in [-0.39, 0.29) is 41.7 Å². The van der Waals surface area contributed by atoms with E-state index in [2.05, 4.69) is 15.2 Å². The first-order chi connectivity index (χ1) is 11.1. The van der Waals surface area contributed by atoms with Crippen molar-refractivity contribution in [1.82, 2.24) is 10.2 Å². The zero-order chi connectivity index (χ0) is 16.7. The third-order valence-corrected chi connectivity index (χ3v) is 3.96. The standard InChI is InChI=1S/C17H24FN3O2.HI/c1-3-19-17(20-12-13-5-4-6-15(18)11-13)21-9-7-14(8-10-21)16(22)23-2;/h4-6,11,14H,3,7-10,12H2,1-2H3,(H,19,20);1H. The van der Waals surface area contributed by atoms with Gasteiger partial charge in [0.2, 0.25) is 0 Å². The van der Waals surface area contributed by atoms with Crippen LogP contribution in [0.3, 0.4) is 0 Å². The average molecular weight is 449 g/mol. The van der Waals surface area contributed by atoms with Crippen LogP contribution in [-0.2, 0) is 16.1 Å². The molecule has 1 aliphatic rings. The number of hydrogen-bond acceptors (Lipinski definition) is 3. The number of ether oxygens (including phenoxy) is 1. The maximum Gasteiger partial charge on any atom is 0.308 e. The van der Waals surface area contributed by atoms with Gasteiger partial charge in [0.1, 0.15) is 5.82 Å². The van der Waals surface area contributed by atoms with E-state index in [1.54, 1.807) is 6.07 Å². The lowest BCUT2D eigenvalue weighted by Gasteiger charge is -2.33. The lowest BCUT2D eigenvalue weighted by atomic mass is 9.97. The summed E-state index contributed by atoms with van der Waals surface area (Å²) >= 11 is 0.